The van der Waals surface area contributed by atoms with Crippen LogP contribution in [0.1, 0.15) is 48.5 Å². The Hall–Kier alpha value is -3.19. The third-order valence-corrected chi connectivity index (χ3v) is 5.87. The van der Waals surface area contributed by atoms with Crippen LogP contribution in [0.2, 0.25) is 5.02 Å². The fraction of sp³-hybridized carbons (Fsp3) is 0.273. The molecule has 0 atom stereocenters. The van der Waals surface area contributed by atoms with Crippen LogP contribution in [0.15, 0.2) is 53.6 Å². The number of amides is 3. The van der Waals surface area contributed by atoms with Gasteiger partial charge in [0.05, 0.1) is 17.5 Å². The van der Waals surface area contributed by atoms with Crippen LogP contribution < -0.4 is 15.9 Å². The molecule has 2 N–H and O–H groups in total. The number of hydrogen-bond donors (Lipinski definition) is 2. The number of benzene rings is 2. The number of hydrazine groups is 1. The molecule has 30 heavy (non-hydrogen) atoms. The van der Waals surface area contributed by atoms with Crippen LogP contribution in [0.25, 0.3) is 0 Å². The average Bonchev–Trinajstić information content (AvgIpc) is 3.05. The first-order chi connectivity index (χ1) is 14.4. The molecule has 1 fully saturated rings. The molecule has 0 spiro atoms. The molecule has 0 unspecified atom stereocenters. The van der Waals surface area contributed by atoms with Crippen LogP contribution in [0.5, 0.6) is 0 Å². The lowest BCUT2D eigenvalue weighted by molar-refractivity contribution is -0.130. The molecule has 2 aromatic carbocycles. The number of hydrazone groups is 1. The molecule has 7 nitrogen and oxygen atoms in total. The van der Waals surface area contributed by atoms with E-state index in [1.165, 1.54) is 5.01 Å². The van der Waals surface area contributed by atoms with Crippen molar-refractivity contribution in [3.63, 3.8) is 0 Å². The molecule has 0 saturated heterocycles. The van der Waals surface area contributed by atoms with E-state index >= 15 is 0 Å². The van der Waals surface area contributed by atoms with Crippen molar-refractivity contribution < 1.29 is 14.4 Å². The average molecular weight is 425 g/mol. The number of carbonyl (C=O) groups is 3. The molecule has 1 aliphatic carbocycles. The summed E-state index contributed by atoms with van der Waals surface area (Å²) < 4.78 is 0. The number of halogens is 1. The summed E-state index contributed by atoms with van der Waals surface area (Å²) in [6.07, 6.45) is 2.68. The van der Waals surface area contributed by atoms with Crippen molar-refractivity contribution in [2.24, 2.45) is 5.10 Å². The fourth-order valence-corrected chi connectivity index (χ4v) is 3.89. The van der Waals surface area contributed by atoms with Crippen LogP contribution in [0, 0.1) is 0 Å². The van der Waals surface area contributed by atoms with Gasteiger partial charge in [-0.25, -0.2) is 5.01 Å². The Kier molecular flexibility index (Phi) is 5.30. The zero-order valence-electron chi connectivity index (χ0n) is 16.4. The highest BCUT2D eigenvalue weighted by atomic mass is 35.5. The topological polar surface area (TPSA) is 90.9 Å². The second kappa shape index (κ2) is 7.91. The van der Waals surface area contributed by atoms with Crippen molar-refractivity contribution in [2.75, 3.05) is 5.01 Å². The minimum Gasteiger partial charge on any atom is -0.272 e. The molecule has 2 aliphatic rings. The maximum absolute atomic E-state index is 12.8. The summed E-state index contributed by atoms with van der Waals surface area (Å²) >= 11 is 5.95. The summed E-state index contributed by atoms with van der Waals surface area (Å²) in [6.45, 7) is 1.79. The van der Waals surface area contributed by atoms with E-state index in [2.05, 4.69) is 16.0 Å². The van der Waals surface area contributed by atoms with Gasteiger partial charge in [0.15, 0.2) is 0 Å². The Labute approximate surface area is 179 Å². The highest BCUT2D eigenvalue weighted by molar-refractivity contribution is 6.30. The first-order valence-corrected chi connectivity index (χ1v) is 10.1. The first-order valence-electron chi connectivity index (χ1n) is 9.73. The third-order valence-electron chi connectivity index (χ3n) is 5.62. The second-order valence-corrected chi connectivity index (χ2v) is 8.05. The van der Waals surface area contributed by atoms with Crippen molar-refractivity contribution in [2.45, 2.75) is 38.0 Å². The molecule has 0 aromatic heterocycles. The minimum absolute atomic E-state index is 0.107. The van der Waals surface area contributed by atoms with E-state index in [0.29, 0.717) is 22.7 Å². The minimum atomic E-state index is -0.645. The van der Waals surface area contributed by atoms with E-state index in [1.807, 2.05) is 12.1 Å². The van der Waals surface area contributed by atoms with Crippen molar-refractivity contribution in [1.29, 1.82) is 0 Å². The predicted octanol–water partition coefficient (Wildman–Crippen LogP) is 3.34. The highest BCUT2D eigenvalue weighted by Crippen LogP contribution is 2.44. The molecule has 0 radical (unpaired) electrons. The highest BCUT2D eigenvalue weighted by Gasteiger charge is 2.45. The van der Waals surface area contributed by atoms with E-state index in [1.54, 1.807) is 43.3 Å². The largest absolute Gasteiger partial charge is 0.272 e. The number of nitrogens with one attached hydrogen (secondary N) is 2. The van der Waals surface area contributed by atoms with Gasteiger partial charge in [-0.2, -0.15) is 5.10 Å². The lowest BCUT2D eigenvalue weighted by atomic mass is 9.64. The molecular formula is C22H21ClN4O3. The second-order valence-electron chi connectivity index (χ2n) is 7.62. The van der Waals surface area contributed by atoms with Crippen molar-refractivity contribution >= 4 is 40.7 Å². The monoisotopic (exact) mass is 424 g/mol. The summed E-state index contributed by atoms with van der Waals surface area (Å²) in [7, 11) is 0. The van der Waals surface area contributed by atoms with Crippen LogP contribution >= 0.6 is 11.6 Å². The van der Waals surface area contributed by atoms with Gasteiger partial charge in [-0.05, 0) is 61.7 Å². The van der Waals surface area contributed by atoms with E-state index in [0.717, 1.165) is 30.5 Å². The Bertz CT molecular complexity index is 1030. The summed E-state index contributed by atoms with van der Waals surface area (Å²) in [5, 5.41) is 6.12. The molecule has 154 valence electrons. The van der Waals surface area contributed by atoms with Gasteiger partial charge >= 0.3 is 0 Å². The van der Waals surface area contributed by atoms with E-state index in [9.17, 15) is 14.4 Å². The maximum atomic E-state index is 12.8. The zero-order chi connectivity index (χ0) is 21.3. The van der Waals surface area contributed by atoms with Crippen LogP contribution in [-0.2, 0) is 15.0 Å². The molecular weight excluding hydrogens is 404 g/mol. The van der Waals surface area contributed by atoms with Gasteiger partial charge in [-0.3, -0.25) is 25.2 Å². The molecule has 8 heteroatoms. The molecule has 0 bridgehead atoms. The van der Waals surface area contributed by atoms with Crippen LogP contribution in [0.4, 0.5) is 5.69 Å². The zero-order valence-corrected chi connectivity index (χ0v) is 17.2. The molecule has 1 heterocycles. The maximum Gasteiger partial charge on any atom is 0.269 e. The van der Waals surface area contributed by atoms with Crippen molar-refractivity contribution in [3.05, 3.63) is 64.7 Å². The van der Waals surface area contributed by atoms with E-state index in [4.69, 9.17) is 11.6 Å². The predicted molar refractivity (Wildman–Crippen MR) is 114 cm³/mol. The quantitative estimate of drug-likeness (QED) is 0.737. The summed E-state index contributed by atoms with van der Waals surface area (Å²) in [4.78, 5) is 37.2. The summed E-state index contributed by atoms with van der Waals surface area (Å²) in [5.41, 5.74) is 6.99. The van der Waals surface area contributed by atoms with Gasteiger partial charge in [0.2, 0.25) is 5.91 Å². The number of rotatable bonds is 4. The molecule has 2 aromatic rings. The van der Waals surface area contributed by atoms with Gasteiger partial charge in [0, 0.05) is 16.3 Å². The number of anilines is 1. The Balaban J connectivity index is 1.40. The smallest absolute Gasteiger partial charge is 0.269 e. The molecule has 4 rings (SSSR count). The molecule has 1 aliphatic heterocycles. The Morgan fingerprint density at radius 3 is 2.23 bits per heavy atom. The van der Waals surface area contributed by atoms with Gasteiger partial charge < -0.3 is 0 Å². The van der Waals surface area contributed by atoms with Crippen molar-refractivity contribution in [1.82, 2.24) is 10.9 Å². The first kappa shape index (κ1) is 20.1. The van der Waals surface area contributed by atoms with Crippen LogP contribution in [0.3, 0.4) is 0 Å². The number of nitrogens with zero attached hydrogens (tertiary/aromatic N) is 2. The van der Waals surface area contributed by atoms with Crippen molar-refractivity contribution in [3.8, 4) is 0 Å². The number of carbonyl (C=O) groups excluding carboxylic acids is 3. The van der Waals surface area contributed by atoms with Gasteiger partial charge in [0.1, 0.15) is 0 Å². The van der Waals surface area contributed by atoms with Gasteiger partial charge in [0.25, 0.3) is 11.8 Å². The summed E-state index contributed by atoms with van der Waals surface area (Å²) in [5.74, 6) is -0.786. The van der Waals surface area contributed by atoms with E-state index < -0.39 is 11.3 Å². The van der Waals surface area contributed by atoms with Crippen LogP contribution in [-0.4, -0.2) is 23.4 Å². The van der Waals surface area contributed by atoms with Gasteiger partial charge in [-0.1, -0.05) is 30.2 Å². The van der Waals surface area contributed by atoms with Gasteiger partial charge in [-0.15, -0.1) is 0 Å². The lowest BCUT2D eigenvalue weighted by Crippen LogP contribution is -2.54. The molecule has 1 saturated carbocycles. The third kappa shape index (κ3) is 3.68. The SMILES string of the molecule is CC1=NN(c2ccc(C(=O)NNC(=O)C3(c4ccc(Cl)cc4)CCC3)cc2)C(=O)C1. The normalized spacial score (nSPS) is 17.2. The Morgan fingerprint density at radius 2 is 1.70 bits per heavy atom. The lowest BCUT2D eigenvalue weighted by Gasteiger charge is -2.40. The summed E-state index contributed by atoms with van der Waals surface area (Å²) in [6, 6.07) is 13.7. The standard InChI is InChI=1S/C22H21ClN4O3/c1-14-13-19(28)27(26-14)18-9-3-15(4-10-18)20(29)24-25-21(30)22(11-2-12-22)16-5-7-17(23)8-6-16/h3-10H,2,11-13H2,1H3,(H,24,29)(H,25,30). The molecule has 3 amide bonds. The Morgan fingerprint density at radius 1 is 1.03 bits per heavy atom. The number of hydrogen-bond acceptors (Lipinski definition) is 4. The fourth-order valence-electron chi connectivity index (χ4n) is 3.76. The van der Waals surface area contributed by atoms with E-state index in [-0.39, 0.29) is 11.8 Å².